The standard InChI is InChI=1S/C14H22N2O/c1-4-14(2,15)13(17)16(3)11-10-12-8-6-5-7-9-12/h5-9H,4,10-11,15H2,1-3H3. The first kappa shape index (κ1) is 13.7. The summed E-state index contributed by atoms with van der Waals surface area (Å²) in [5.41, 5.74) is 6.43. The Hall–Kier alpha value is -1.35. The van der Waals surface area contributed by atoms with E-state index < -0.39 is 5.54 Å². The summed E-state index contributed by atoms with van der Waals surface area (Å²) in [6.07, 6.45) is 1.52. The van der Waals surface area contributed by atoms with Crippen molar-refractivity contribution in [3.05, 3.63) is 35.9 Å². The molecule has 3 nitrogen and oxygen atoms in total. The molecule has 0 aliphatic carbocycles. The zero-order valence-electron chi connectivity index (χ0n) is 10.9. The van der Waals surface area contributed by atoms with Gasteiger partial charge < -0.3 is 10.6 Å². The average molecular weight is 234 g/mol. The second-order valence-electron chi connectivity index (χ2n) is 4.73. The fourth-order valence-electron chi connectivity index (χ4n) is 1.63. The highest BCUT2D eigenvalue weighted by Gasteiger charge is 2.28. The first-order chi connectivity index (χ1) is 7.97. The molecule has 0 aromatic heterocycles. The van der Waals surface area contributed by atoms with Crippen molar-refractivity contribution in [1.82, 2.24) is 4.90 Å². The molecule has 0 saturated heterocycles. The molecule has 0 saturated carbocycles. The molecular weight excluding hydrogens is 212 g/mol. The van der Waals surface area contributed by atoms with Gasteiger partial charge in [-0.25, -0.2) is 0 Å². The van der Waals surface area contributed by atoms with E-state index in [2.05, 4.69) is 12.1 Å². The minimum absolute atomic E-state index is 0.0101. The summed E-state index contributed by atoms with van der Waals surface area (Å²) in [7, 11) is 1.81. The van der Waals surface area contributed by atoms with Crippen molar-refractivity contribution in [3.63, 3.8) is 0 Å². The van der Waals surface area contributed by atoms with Crippen LogP contribution in [-0.2, 0) is 11.2 Å². The minimum Gasteiger partial charge on any atom is -0.344 e. The lowest BCUT2D eigenvalue weighted by Gasteiger charge is -2.28. The second-order valence-corrected chi connectivity index (χ2v) is 4.73. The van der Waals surface area contributed by atoms with Crippen LogP contribution in [0.1, 0.15) is 25.8 Å². The second kappa shape index (κ2) is 5.82. The van der Waals surface area contributed by atoms with Crippen molar-refractivity contribution in [2.24, 2.45) is 5.73 Å². The van der Waals surface area contributed by atoms with Crippen LogP contribution in [0.2, 0.25) is 0 Å². The number of hydrogen-bond acceptors (Lipinski definition) is 2. The molecule has 0 heterocycles. The lowest BCUT2D eigenvalue weighted by Crippen LogP contribution is -2.52. The molecule has 0 aliphatic rings. The Kier molecular flexibility index (Phi) is 4.70. The van der Waals surface area contributed by atoms with Gasteiger partial charge in [0.2, 0.25) is 5.91 Å². The van der Waals surface area contributed by atoms with Crippen LogP contribution >= 0.6 is 0 Å². The third-order valence-corrected chi connectivity index (χ3v) is 3.15. The van der Waals surface area contributed by atoms with Gasteiger partial charge in [0.05, 0.1) is 5.54 Å². The molecule has 0 aliphatic heterocycles. The first-order valence-electron chi connectivity index (χ1n) is 6.05. The smallest absolute Gasteiger partial charge is 0.242 e. The summed E-state index contributed by atoms with van der Waals surface area (Å²) < 4.78 is 0. The fraction of sp³-hybridized carbons (Fsp3) is 0.500. The molecule has 1 aromatic carbocycles. The topological polar surface area (TPSA) is 46.3 Å². The van der Waals surface area contributed by atoms with Gasteiger partial charge in [-0.3, -0.25) is 4.79 Å². The fourth-order valence-corrected chi connectivity index (χ4v) is 1.63. The summed E-state index contributed by atoms with van der Waals surface area (Å²) in [5, 5.41) is 0. The van der Waals surface area contributed by atoms with Crippen LogP contribution in [0.3, 0.4) is 0 Å². The third kappa shape index (κ3) is 3.86. The van der Waals surface area contributed by atoms with E-state index in [0.717, 1.165) is 6.42 Å². The van der Waals surface area contributed by atoms with Gasteiger partial charge in [-0.1, -0.05) is 37.3 Å². The van der Waals surface area contributed by atoms with Crippen LogP contribution in [0, 0.1) is 0 Å². The van der Waals surface area contributed by atoms with Crippen molar-refractivity contribution in [2.45, 2.75) is 32.2 Å². The number of carbonyl (C=O) groups excluding carboxylic acids is 1. The van der Waals surface area contributed by atoms with E-state index in [1.54, 1.807) is 11.8 Å². The predicted octanol–water partition coefficient (Wildman–Crippen LogP) is 1.81. The maximum atomic E-state index is 12.0. The van der Waals surface area contributed by atoms with E-state index in [-0.39, 0.29) is 5.91 Å². The van der Waals surface area contributed by atoms with Crippen LogP contribution in [0.15, 0.2) is 30.3 Å². The molecule has 1 unspecified atom stereocenters. The van der Waals surface area contributed by atoms with Crippen molar-refractivity contribution >= 4 is 5.91 Å². The van der Waals surface area contributed by atoms with Gasteiger partial charge in [-0.2, -0.15) is 0 Å². The van der Waals surface area contributed by atoms with Crippen LogP contribution in [0.4, 0.5) is 0 Å². The summed E-state index contributed by atoms with van der Waals surface area (Å²) in [5.74, 6) is 0.0101. The zero-order chi connectivity index (χ0) is 12.9. The maximum Gasteiger partial charge on any atom is 0.242 e. The predicted molar refractivity (Wildman–Crippen MR) is 70.7 cm³/mol. The lowest BCUT2D eigenvalue weighted by molar-refractivity contribution is -0.135. The van der Waals surface area contributed by atoms with Crippen molar-refractivity contribution < 1.29 is 4.79 Å². The summed E-state index contributed by atoms with van der Waals surface area (Å²) in [4.78, 5) is 13.7. The van der Waals surface area contributed by atoms with Gasteiger partial charge in [0.25, 0.3) is 0 Å². The quantitative estimate of drug-likeness (QED) is 0.844. The molecule has 3 heteroatoms. The summed E-state index contributed by atoms with van der Waals surface area (Å²) >= 11 is 0. The highest BCUT2D eigenvalue weighted by Crippen LogP contribution is 2.09. The van der Waals surface area contributed by atoms with E-state index in [1.165, 1.54) is 5.56 Å². The Morgan fingerprint density at radius 1 is 1.35 bits per heavy atom. The molecule has 0 spiro atoms. The van der Waals surface area contributed by atoms with Crippen LogP contribution in [0.5, 0.6) is 0 Å². The zero-order valence-corrected chi connectivity index (χ0v) is 10.9. The van der Waals surface area contributed by atoms with Crippen molar-refractivity contribution in [3.8, 4) is 0 Å². The average Bonchev–Trinajstić information content (AvgIpc) is 2.36. The monoisotopic (exact) mass is 234 g/mol. The number of carbonyl (C=O) groups is 1. The Bertz CT molecular complexity index is 360. The SMILES string of the molecule is CCC(C)(N)C(=O)N(C)CCc1ccccc1. The Labute approximate surface area is 104 Å². The molecule has 1 atom stereocenters. The van der Waals surface area contributed by atoms with Crippen LogP contribution in [-0.4, -0.2) is 29.9 Å². The normalized spacial score (nSPS) is 14.1. The van der Waals surface area contributed by atoms with E-state index >= 15 is 0 Å². The molecule has 94 valence electrons. The van der Waals surface area contributed by atoms with Crippen molar-refractivity contribution in [2.75, 3.05) is 13.6 Å². The van der Waals surface area contributed by atoms with Crippen LogP contribution < -0.4 is 5.73 Å². The Morgan fingerprint density at radius 3 is 2.47 bits per heavy atom. The number of benzene rings is 1. The van der Waals surface area contributed by atoms with Gasteiger partial charge in [0, 0.05) is 13.6 Å². The van der Waals surface area contributed by atoms with Crippen LogP contribution in [0.25, 0.3) is 0 Å². The first-order valence-corrected chi connectivity index (χ1v) is 6.05. The van der Waals surface area contributed by atoms with Gasteiger partial charge in [-0.15, -0.1) is 0 Å². The maximum absolute atomic E-state index is 12.0. The van der Waals surface area contributed by atoms with E-state index in [1.807, 2.05) is 32.2 Å². The molecule has 0 fully saturated rings. The number of nitrogens with zero attached hydrogens (tertiary/aromatic N) is 1. The summed E-state index contributed by atoms with van der Waals surface area (Å²) in [6.45, 7) is 4.42. The van der Waals surface area contributed by atoms with Gasteiger partial charge in [0.15, 0.2) is 0 Å². The molecule has 1 rings (SSSR count). The largest absolute Gasteiger partial charge is 0.344 e. The number of likely N-dealkylation sites (N-methyl/N-ethyl adjacent to an activating group) is 1. The van der Waals surface area contributed by atoms with E-state index in [0.29, 0.717) is 13.0 Å². The van der Waals surface area contributed by atoms with E-state index in [4.69, 9.17) is 5.73 Å². The molecule has 2 N–H and O–H groups in total. The van der Waals surface area contributed by atoms with Gasteiger partial charge in [0.1, 0.15) is 0 Å². The number of amides is 1. The van der Waals surface area contributed by atoms with Gasteiger partial charge in [-0.05, 0) is 25.3 Å². The van der Waals surface area contributed by atoms with Crippen molar-refractivity contribution in [1.29, 1.82) is 0 Å². The third-order valence-electron chi connectivity index (χ3n) is 3.15. The molecule has 0 bridgehead atoms. The van der Waals surface area contributed by atoms with E-state index in [9.17, 15) is 4.79 Å². The summed E-state index contributed by atoms with van der Waals surface area (Å²) in [6, 6.07) is 10.2. The lowest BCUT2D eigenvalue weighted by atomic mass is 9.98. The van der Waals surface area contributed by atoms with Gasteiger partial charge >= 0.3 is 0 Å². The number of hydrogen-bond donors (Lipinski definition) is 1. The molecular formula is C14H22N2O. The highest BCUT2D eigenvalue weighted by molar-refractivity contribution is 5.85. The minimum atomic E-state index is -0.745. The Morgan fingerprint density at radius 2 is 1.94 bits per heavy atom. The molecule has 1 aromatic rings. The molecule has 1 amide bonds. The highest BCUT2D eigenvalue weighted by atomic mass is 16.2. The molecule has 17 heavy (non-hydrogen) atoms. The number of nitrogens with two attached hydrogens (primary N) is 1. The molecule has 0 radical (unpaired) electrons. The number of rotatable bonds is 5. The Balaban J connectivity index is 2.50.